The minimum atomic E-state index is -4.66. The van der Waals surface area contributed by atoms with Gasteiger partial charge in [0.05, 0.1) is 22.3 Å². The van der Waals surface area contributed by atoms with Crippen LogP contribution >= 0.6 is 11.6 Å². The van der Waals surface area contributed by atoms with Crippen molar-refractivity contribution >= 4 is 35.4 Å². The van der Waals surface area contributed by atoms with E-state index in [1.807, 2.05) is 0 Å². The lowest BCUT2D eigenvalue weighted by molar-refractivity contribution is -0.384. The van der Waals surface area contributed by atoms with Gasteiger partial charge in [-0.05, 0) is 48.5 Å². The second-order valence-electron chi connectivity index (χ2n) is 6.65. The largest absolute Gasteiger partial charge is 0.422 e. The number of carbonyl (C=O) groups is 2. The van der Waals surface area contributed by atoms with Crippen molar-refractivity contribution in [1.82, 2.24) is 5.43 Å². The number of halogens is 4. The van der Waals surface area contributed by atoms with Gasteiger partial charge < -0.3 is 4.74 Å². The fraction of sp³-hybridized carbons (Fsp3) is 0.0455. The van der Waals surface area contributed by atoms with Gasteiger partial charge in [-0.3, -0.25) is 14.9 Å². The van der Waals surface area contributed by atoms with Crippen molar-refractivity contribution in [3.8, 4) is 5.75 Å². The molecule has 0 saturated heterocycles. The highest BCUT2D eigenvalue weighted by atomic mass is 35.5. The Morgan fingerprint density at radius 1 is 1.03 bits per heavy atom. The molecule has 8 nitrogen and oxygen atoms in total. The molecular weight excluding hydrogens is 479 g/mol. The molecule has 0 unspecified atom stereocenters. The lowest BCUT2D eigenvalue weighted by atomic mass is 10.1. The monoisotopic (exact) mass is 491 g/mol. The zero-order valence-electron chi connectivity index (χ0n) is 16.9. The summed E-state index contributed by atoms with van der Waals surface area (Å²) in [7, 11) is 0. The van der Waals surface area contributed by atoms with Gasteiger partial charge in [0.1, 0.15) is 5.75 Å². The molecule has 0 aromatic heterocycles. The van der Waals surface area contributed by atoms with Crippen molar-refractivity contribution < 1.29 is 32.4 Å². The number of benzene rings is 3. The minimum absolute atomic E-state index is 0.0778. The van der Waals surface area contributed by atoms with E-state index in [0.29, 0.717) is 11.1 Å². The summed E-state index contributed by atoms with van der Waals surface area (Å²) in [6.45, 7) is 0. The first kappa shape index (κ1) is 24.4. The van der Waals surface area contributed by atoms with Crippen molar-refractivity contribution in [2.24, 2.45) is 5.10 Å². The summed E-state index contributed by atoms with van der Waals surface area (Å²) in [5, 5.41) is 15.2. The summed E-state index contributed by atoms with van der Waals surface area (Å²) in [6, 6.07) is 12.6. The molecule has 0 atom stereocenters. The number of amides is 1. The number of carbonyl (C=O) groups excluding carboxylic acids is 2. The molecule has 0 spiro atoms. The van der Waals surface area contributed by atoms with Gasteiger partial charge >= 0.3 is 12.1 Å². The number of rotatable bonds is 6. The van der Waals surface area contributed by atoms with Crippen LogP contribution in [-0.2, 0) is 6.18 Å². The first-order chi connectivity index (χ1) is 16.0. The molecule has 3 rings (SSSR count). The highest BCUT2D eigenvalue weighted by Crippen LogP contribution is 2.30. The van der Waals surface area contributed by atoms with E-state index in [0.717, 1.165) is 42.6 Å². The maximum Gasteiger partial charge on any atom is 0.416 e. The summed E-state index contributed by atoms with van der Waals surface area (Å²) in [5.74, 6) is -1.96. The molecule has 0 aliphatic carbocycles. The standard InChI is InChI=1S/C22H13ClF3N3O5/c23-17-6-4-13(5-7-17)20(30)28-27-12-15-11-18(29(32)33)8-9-19(15)34-21(31)14-2-1-3-16(10-14)22(24,25)26/h1-12H,(H,28,30)/b27-12+. The number of nitrogens with zero attached hydrogens (tertiary/aromatic N) is 2. The van der Waals surface area contributed by atoms with Crippen LogP contribution in [0.3, 0.4) is 0 Å². The van der Waals surface area contributed by atoms with Crippen LogP contribution in [0.4, 0.5) is 18.9 Å². The molecule has 12 heteroatoms. The molecule has 0 fully saturated rings. The van der Waals surface area contributed by atoms with Gasteiger partial charge in [-0.15, -0.1) is 0 Å². The Hall–Kier alpha value is -4.25. The van der Waals surface area contributed by atoms with E-state index in [1.54, 1.807) is 0 Å². The van der Waals surface area contributed by atoms with Crippen molar-refractivity contribution in [2.75, 3.05) is 0 Å². The molecule has 34 heavy (non-hydrogen) atoms. The fourth-order valence-corrected chi connectivity index (χ4v) is 2.78. The van der Waals surface area contributed by atoms with Gasteiger partial charge in [0.15, 0.2) is 0 Å². The predicted octanol–water partition coefficient (Wildman–Crippen LogP) is 5.25. The summed E-state index contributed by atoms with van der Waals surface area (Å²) in [6.07, 6.45) is -3.67. The van der Waals surface area contributed by atoms with E-state index in [9.17, 15) is 32.9 Å². The van der Waals surface area contributed by atoms with Crippen LogP contribution in [0.15, 0.2) is 71.8 Å². The van der Waals surface area contributed by atoms with Gasteiger partial charge in [-0.25, -0.2) is 10.2 Å². The van der Waals surface area contributed by atoms with Gasteiger partial charge in [0, 0.05) is 28.3 Å². The molecule has 1 N–H and O–H groups in total. The van der Waals surface area contributed by atoms with Crippen LogP contribution in [0.5, 0.6) is 5.75 Å². The average molecular weight is 492 g/mol. The predicted molar refractivity (Wildman–Crippen MR) is 116 cm³/mol. The highest BCUT2D eigenvalue weighted by Gasteiger charge is 2.31. The molecular formula is C22H13ClF3N3O5. The lowest BCUT2D eigenvalue weighted by Gasteiger charge is -2.10. The summed E-state index contributed by atoms with van der Waals surface area (Å²) in [5.41, 5.74) is 0.562. The molecule has 0 bridgehead atoms. The zero-order valence-corrected chi connectivity index (χ0v) is 17.6. The van der Waals surface area contributed by atoms with Crippen molar-refractivity contribution in [2.45, 2.75) is 6.18 Å². The molecule has 3 aromatic rings. The Balaban J connectivity index is 1.83. The minimum Gasteiger partial charge on any atom is -0.422 e. The number of non-ortho nitro benzene ring substituents is 1. The molecule has 0 aliphatic heterocycles. The van der Waals surface area contributed by atoms with Crippen molar-refractivity contribution in [3.63, 3.8) is 0 Å². The summed E-state index contributed by atoms with van der Waals surface area (Å²) in [4.78, 5) is 34.9. The van der Waals surface area contributed by atoms with E-state index in [4.69, 9.17) is 16.3 Å². The quantitative estimate of drug-likeness (QED) is 0.166. The first-order valence-electron chi connectivity index (χ1n) is 9.31. The molecule has 3 aromatic carbocycles. The second-order valence-corrected chi connectivity index (χ2v) is 7.09. The number of nitrogens with one attached hydrogen (secondary N) is 1. The third kappa shape index (κ3) is 6.17. The van der Waals surface area contributed by atoms with Gasteiger partial charge in [-0.1, -0.05) is 17.7 Å². The van der Waals surface area contributed by atoms with Gasteiger partial charge in [-0.2, -0.15) is 18.3 Å². The number of hydrogen-bond donors (Lipinski definition) is 1. The fourth-order valence-electron chi connectivity index (χ4n) is 2.65. The van der Waals surface area contributed by atoms with Crippen LogP contribution in [0.2, 0.25) is 5.02 Å². The maximum atomic E-state index is 12.9. The second kappa shape index (κ2) is 10.1. The summed E-state index contributed by atoms with van der Waals surface area (Å²) < 4.78 is 43.9. The molecule has 1 amide bonds. The number of nitro groups is 1. The van der Waals surface area contributed by atoms with Crippen molar-refractivity contribution in [1.29, 1.82) is 0 Å². The topological polar surface area (TPSA) is 111 Å². The highest BCUT2D eigenvalue weighted by molar-refractivity contribution is 6.30. The Kier molecular flexibility index (Phi) is 7.27. The number of nitro benzene ring substituents is 1. The summed E-state index contributed by atoms with van der Waals surface area (Å²) >= 11 is 5.76. The van der Waals surface area contributed by atoms with Crippen LogP contribution in [-0.4, -0.2) is 23.0 Å². The van der Waals surface area contributed by atoms with Crippen LogP contribution in [0.1, 0.15) is 31.8 Å². The maximum absolute atomic E-state index is 12.9. The van der Waals surface area contributed by atoms with E-state index >= 15 is 0 Å². The van der Waals surface area contributed by atoms with Crippen LogP contribution in [0, 0.1) is 10.1 Å². The number of hydrazone groups is 1. The van der Waals surface area contributed by atoms with Gasteiger partial charge in [0.25, 0.3) is 11.6 Å². The number of ether oxygens (including phenoxy) is 1. The zero-order chi connectivity index (χ0) is 24.9. The van der Waals surface area contributed by atoms with E-state index in [-0.39, 0.29) is 28.1 Å². The first-order valence-corrected chi connectivity index (χ1v) is 9.69. The molecule has 0 radical (unpaired) electrons. The Labute approximate surface area is 194 Å². The Morgan fingerprint density at radius 2 is 1.74 bits per heavy atom. The Morgan fingerprint density at radius 3 is 2.38 bits per heavy atom. The van der Waals surface area contributed by atoms with Crippen LogP contribution < -0.4 is 10.2 Å². The number of hydrogen-bond acceptors (Lipinski definition) is 6. The van der Waals surface area contributed by atoms with Gasteiger partial charge in [0.2, 0.25) is 0 Å². The molecule has 0 heterocycles. The normalized spacial score (nSPS) is 11.3. The molecule has 0 aliphatic rings. The average Bonchev–Trinajstić information content (AvgIpc) is 2.79. The van der Waals surface area contributed by atoms with Crippen LogP contribution in [0.25, 0.3) is 0 Å². The van der Waals surface area contributed by atoms with E-state index in [2.05, 4.69) is 10.5 Å². The Bertz CT molecular complexity index is 1280. The SMILES string of the molecule is O=C(N/N=C/c1cc([N+](=O)[O-])ccc1OC(=O)c1cccc(C(F)(F)F)c1)c1ccc(Cl)cc1. The molecule has 174 valence electrons. The van der Waals surface area contributed by atoms with E-state index in [1.165, 1.54) is 24.3 Å². The number of esters is 1. The molecule has 0 saturated carbocycles. The smallest absolute Gasteiger partial charge is 0.416 e. The third-order valence-electron chi connectivity index (χ3n) is 4.31. The number of alkyl halides is 3. The third-order valence-corrected chi connectivity index (χ3v) is 4.56. The van der Waals surface area contributed by atoms with E-state index < -0.39 is 28.5 Å². The lowest BCUT2D eigenvalue weighted by Crippen LogP contribution is -2.17. The van der Waals surface area contributed by atoms with Crippen molar-refractivity contribution in [3.05, 3.63) is 104 Å².